The van der Waals surface area contributed by atoms with Gasteiger partial charge in [-0.05, 0) is 12.1 Å². The van der Waals surface area contributed by atoms with Crippen LogP contribution >= 0.6 is 11.3 Å². The molecular formula is C12H10F3N7S. The van der Waals surface area contributed by atoms with Gasteiger partial charge in [0.2, 0.25) is 0 Å². The predicted molar refractivity (Wildman–Crippen MR) is 77.1 cm³/mol. The van der Waals surface area contributed by atoms with Crippen molar-refractivity contribution in [1.82, 2.24) is 24.8 Å². The first kappa shape index (κ1) is 14.2. The maximum Gasteiger partial charge on any atom is 0.453 e. The van der Waals surface area contributed by atoms with Crippen molar-refractivity contribution in [3.8, 4) is 0 Å². The second-order valence-corrected chi connectivity index (χ2v) is 6.19. The third kappa shape index (κ3) is 2.36. The molecule has 0 saturated carbocycles. The summed E-state index contributed by atoms with van der Waals surface area (Å²) in [5.74, 6) is -0.700. The Hall–Kier alpha value is -2.43. The highest BCUT2D eigenvalue weighted by molar-refractivity contribution is 7.15. The number of alkyl halides is 3. The zero-order valence-electron chi connectivity index (χ0n) is 11.6. The Morgan fingerprint density at radius 1 is 1.22 bits per heavy atom. The lowest BCUT2D eigenvalue weighted by Crippen LogP contribution is -2.31. The molecule has 0 amide bonds. The van der Waals surface area contributed by atoms with Gasteiger partial charge < -0.3 is 10.6 Å². The predicted octanol–water partition coefficient (Wildman–Crippen LogP) is 1.74. The second kappa shape index (κ2) is 4.78. The van der Waals surface area contributed by atoms with Gasteiger partial charge in [0.05, 0.1) is 12.2 Å². The number of nitrogen functional groups attached to an aromatic ring is 1. The molecule has 0 aliphatic carbocycles. The topological polar surface area (TPSA) is 85.2 Å². The molecule has 120 valence electrons. The molecule has 3 aromatic heterocycles. The Kier molecular flexibility index (Phi) is 2.95. The van der Waals surface area contributed by atoms with Gasteiger partial charge in [0.1, 0.15) is 5.82 Å². The largest absolute Gasteiger partial charge is 0.453 e. The van der Waals surface area contributed by atoms with Gasteiger partial charge in [-0.1, -0.05) is 0 Å². The third-order valence-corrected chi connectivity index (χ3v) is 4.49. The van der Waals surface area contributed by atoms with E-state index >= 15 is 0 Å². The summed E-state index contributed by atoms with van der Waals surface area (Å²) in [5, 5.41) is 11.2. The fourth-order valence-electron chi connectivity index (χ4n) is 2.54. The van der Waals surface area contributed by atoms with Crippen LogP contribution in [-0.2, 0) is 19.1 Å². The molecular weight excluding hydrogens is 331 g/mol. The van der Waals surface area contributed by atoms with Gasteiger partial charge in [-0.15, -0.1) is 26.6 Å². The molecule has 4 heterocycles. The summed E-state index contributed by atoms with van der Waals surface area (Å²) >= 11 is 1.39. The SMILES string of the molecule is Nc1nc2c(s1)CN(c1ccc3nnc(C(F)(F)F)n3n1)CC2. The number of aromatic nitrogens is 5. The van der Waals surface area contributed by atoms with E-state index in [0.717, 1.165) is 15.1 Å². The van der Waals surface area contributed by atoms with E-state index < -0.39 is 12.0 Å². The molecule has 0 unspecified atom stereocenters. The number of halogens is 3. The Morgan fingerprint density at radius 2 is 2.04 bits per heavy atom. The first-order valence-electron chi connectivity index (χ1n) is 6.70. The number of anilines is 2. The van der Waals surface area contributed by atoms with Crippen molar-refractivity contribution in [2.75, 3.05) is 17.2 Å². The number of hydrogen-bond acceptors (Lipinski definition) is 7. The number of fused-ring (bicyclic) bond motifs is 2. The van der Waals surface area contributed by atoms with Crippen LogP contribution < -0.4 is 10.6 Å². The highest BCUT2D eigenvalue weighted by Gasteiger charge is 2.37. The van der Waals surface area contributed by atoms with Crippen LogP contribution in [0.4, 0.5) is 24.1 Å². The minimum Gasteiger partial charge on any atom is -0.375 e. The van der Waals surface area contributed by atoms with Crippen molar-refractivity contribution < 1.29 is 13.2 Å². The molecule has 7 nitrogen and oxygen atoms in total. The molecule has 0 bridgehead atoms. The molecule has 0 aromatic carbocycles. The van der Waals surface area contributed by atoms with Crippen molar-refractivity contribution >= 4 is 27.9 Å². The van der Waals surface area contributed by atoms with Crippen molar-refractivity contribution in [2.24, 2.45) is 0 Å². The van der Waals surface area contributed by atoms with E-state index in [2.05, 4.69) is 20.3 Å². The van der Waals surface area contributed by atoms with E-state index in [1.807, 2.05) is 4.90 Å². The molecule has 0 spiro atoms. The number of thiazole rings is 1. The van der Waals surface area contributed by atoms with Gasteiger partial charge in [0.25, 0.3) is 5.82 Å². The van der Waals surface area contributed by atoms with E-state index in [9.17, 15) is 13.2 Å². The fourth-order valence-corrected chi connectivity index (χ4v) is 3.43. The molecule has 4 rings (SSSR count). The Balaban J connectivity index is 1.72. The number of rotatable bonds is 1. The summed E-state index contributed by atoms with van der Waals surface area (Å²) in [5.41, 5.74) is 6.70. The monoisotopic (exact) mass is 341 g/mol. The first-order valence-corrected chi connectivity index (χ1v) is 7.52. The van der Waals surface area contributed by atoms with Crippen LogP contribution in [-0.4, -0.2) is 31.3 Å². The molecule has 0 fully saturated rings. The lowest BCUT2D eigenvalue weighted by Gasteiger charge is -2.26. The summed E-state index contributed by atoms with van der Waals surface area (Å²) in [6, 6.07) is 3.11. The summed E-state index contributed by atoms with van der Waals surface area (Å²) in [4.78, 5) is 7.14. The van der Waals surface area contributed by atoms with Crippen LogP contribution in [0.25, 0.3) is 5.65 Å². The standard InChI is InChI=1S/C12H10F3N7S/c13-12(14,15)10-19-18-8-1-2-9(20-22(8)10)21-4-3-6-7(5-21)23-11(16)17-6/h1-2H,3-5H2,(H2,16,17). The zero-order chi connectivity index (χ0) is 16.2. The number of hydrogen-bond donors (Lipinski definition) is 1. The van der Waals surface area contributed by atoms with Crippen LogP contribution in [0.2, 0.25) is 0 Å². The minimum atomic E-state index is -4.60. The lowest BCUT2D eigenvalue weighted by molar-refractivity contribution is -0.146. The van der Waals surface area contributed by atoms with E-state index in [1.54, 1.807) is 6.07 Å². The molecule has 1 aliphatic rings. The average molecular weight is 341 g/mol. The molecule has 0 saturated heterocycles. The van der Waals surface area contributed by atoms with Gasteiger partial charge in [0, 0.05) is 17.8 Å². The van der Waals surface area contributed by atoms with E-state index in [0.29, 0.717) is 30.5 Å². The molecule has 1 aliphatic heterocycles. The summed E-state index contributed by atoms with van der Waals surface area (Å²) in [6.07, 6.45) is -3.93. The van der Waals surface area contributed by atoms with Gasteiger partial charge in [0.15, 0.2) is 10.8 Å². The van der Waals surface area contributed by atoms with Crippen LogP contribution in [0, 0.1) is 0 Å². The van der Waals surface area contributed by atoms with Crippen molar-refractivity contribution in [1.29, 1.82) is 0 Å². The van der Waals surface area contributed by atoms with Crippen LogP contribution in [0.5, 0.6) is 0 Å². The summed E-state index contributed by atoms with van der Waals surface area (Å²) in [6.45, 7) is 1.13. The number of nitrogens with two attached hydrogens (primary N) is 1. The Labute approximate surface area is 131 Å². The maximum atomic E-state index is 12.9. The van der Waals surface area contributed by atoms with Gasteiger partial charge in [-0.3, -0.25) is 0 Å². The first-order chi connectivity index (χ1) is 10.9. The van der Waals surface area contributed by atoms with Crippen LogP contribution in [0.1, 0.15) is 16.4 Å². The molecule has 3 aromatic rings. The number of nitrogens with zero attached hydrogens (tertiary/aromatic N) is 6. The highest BCUT2D eigenvalue weighted by atomic mass is 32.1. The second-order valence-electron chi connectivity index (χ2n) is 5.08. The average Bonchev–Trinajstić information content (AvgIpc) is 3.06. The van der Waals surface area contributed by atoms with Gasteiger partial charge >= 0.3 is 6.18 Å². The normalized spacial score (nSPS) is 15.2. The molecule has 11 heteroatoms. The van der Waals surface area contributed by atoms with E-state index in [1.165, 1.54) is 17.4 Å². The van der Waals surface area contributed by atoms with Crippen LogP contribution in [0.3, 0.4) is 0 Å². The highest BCUT2D eigenvalue weighted by Crippen LogP contribution is 2.30. The van der Waals surface area contributed by atoms with Crippen molar-refractivity contribution in [3.05, 3.63) is 28.5 Å². The third-order valence-electron chi connectivity index (χ3n) is 3.57. The van der Waals surface area contributed by atoms with E-state index in [4.69, 9.17) is 5.73 Å². The zero-order valence-corrected chi connectivity index (χ0v) is 12.4. The van der Waals surface area contributed by atoms with E-state index in [-0.39, 0.29) is 5.65 Å². The Bertz CT molecular complexity index is 885. The molecule has 0 radical (unpaired) electrons. The van der Waals surface area contributed by atoms with Gasteiger partial charge in [-0.25, -0.2) is 4.98 Å². The van der Waals surface area contributed by atoms with Crippen molar-refractivity contribution in [3.63, 3.8) is 0 Å². The fraction of sp³-hybridized carbons (Fsp3) is 0.333. The lowest BCUT2D eigenvalue weighted by atomic mass is 10.2. The van der Waals surface area contributed by atoms with Crippen LogP contribution in [0.15, 0.2) is 12.1 Å². The maximum absolute atomic E-state index is 12.9. The summed E-state index contributed by atoms with van der Waals surface area (Å²) in [7, 11) is 0. The quantitative estimate of drug-likeness (QED) is 0.726. The summed E-state index contributed by atoms with van der Waals surface area (Å²) < 4.78 is 39.5. The van der Waals surface area contributed by atoms with Crippen molar-refractivity contribution in [2.45, 2.75) is 19.1 Å². The molecule has 2 N–H and O–H groups in total. The molecule has 0 atom stereocenters. The molecule has 23 heavy (non-hydrogen) atoms. The Morgan fingerprint density at radius 3 is 2.83 bits per heavy atom. The smallest absolute Gasteiger partial charge is 0.375 e. The minimum absolute atomic E-state index is 0.0563. The van der Waals surface area contributed by atoms with Gasteiger partial charge in [-0.2, -0.15) is 17.7 Å².